The Kier molecular flexibility index (Phi) is 8.28. The molecule has 3 N–H and O–H groups in total. The van der Waals surface area contributed by atoms with E-state index in [4.69, 9.17) is 27.8 Å². The summed E-state index contributed by atoms with van der Waals surface area (Å²) >= 11 is 0. The molecule has 1 fully saturated rings. The molecule has 4 rings (SSSR count). The summed E-state index contributed by atoms with van der Waals surface area (Å²) in [5.74, 6) is 1.29. The first-order valence-electron chi connectivity index (χ1n) is 11.5. The molecular weight excluding hydrogens is 535 g/mol. The van der Waals surface area contributed by atoms with Gasteiger partial charge in [0.15, 0.2) is 6.23 Å². The van der Waals surface area contributed by atoms with E-state index in [0.717, 1.165) is 22.9 Å². The van der Waals surface area contributed by atoms with Gasteiger partial charge in [-0.25, -0.2) is 9.36 Å². The lowest BCUT2D eigenvalue weighted by Gasteiger charge is -2.29. The van der Waals surface area contributed by atoms with Crippen LogP contribution < -0.4 is 29.8 Å². The summed E-state index contributed by atoms with van der Waals surface area (Å²) in [6.45, 7) is 2.98. The highest BCUT2D eigenvalue weighted by Crippen LogP contribution is 2.52. The average molecular weight is 562 g/mol. The van der Waals surface area contributed by atoms with E-state index in [1.165, 1.54) is 38.5 Å². The van der Waals surface area contributed by atoms with Crippen LogP contribution in [-0.4, -0.2) is 58.4 Å². The third-order valence-electron chi connectivity index (χ3n) is 5.93. The van der Waals surface area contributed by atoms with Crippen molar-refractivity contribution in [2.24, 2.45) is 0 Å². The maximum atomic E-state index is 13.8. The number of phosphoric ester groups is 1. The number of ether oxygens (including phenoxy) is 3. The lowest BCUT2D eigenvalue weighted by Crippen LogP contribution is -2.45. The van der Waals surface area contributed by atoms with E-state index in [0.29, 0.717) is 11.5 Å². The lowest BCUT2D eigenvalue weighted by atomic mass is 9.96. The summed E-state index contributed by atoms with van der Waals surface area (Å²) in [5.41, 5.74) is -3.40. The minimum atomic E-state index is -4.49. The van der Waals surface area contributed by atoms with Crippen LogP contribution in [-0.2, 0) is 13.8 Å². The fourth-order valence-corrected chi connectivity index (χ4v) is 5.05. The first-order chi connectivity index (χ1) is 18.6. The standard InChI is InChI=1S/C25H27N2O11P/c1-4-25(22(30)21(29)23(36-25)27-14-13-20(28)26-24(27)31)15-35-39(32,37-18-9-5-16(33-2)6-10-18)38-19-11-7-17(34-3)8-12-19/h4-14,21-23,29-30H,1,15H2,2-3H3,(H,26,28,31)/t21-,22+,23-,25-/m1/s1. The van der Waals surface area contributed by atoms with E-state index in [-0.39, 0.29) is 11.5 Å². The van der Waals surface area contributed by atoms with Crippen molar-refractivity contribution >= 4 is 7.82 Å². The Balaban J connectivity index is 1.61. The van der Waals surface area contributed by atoms with Gasteiger partial charge in [0.2, 0.25) is 0 Å². The van der Waals surface area contributed by atoms with Gasteiger partial charge in [-0.05, 0) is 48.5 Å². The number of aliphatic hydroxyl groups is 2. The fourth-order valence-electron chi connectivity index (χ4n) is 3.79. The minimum Gasteiger partial charge on any atom is -0.497 e. The molecule has 1 aliphatic heterocycles. The van der Waals surface area contributed by atoms with Crippen LogP contribution in [0.5, 0.6) is 23.0 Å². The molecule has 4 atom stereocenters. The normalized spacial score (nSPS) is 22.7. The highest BCUT2D eigenvalue weighted by molar-refractivity contribution is 7.49. The highest BCUT2D eigenvalue weighted by atomic mass is 31.2. The molecule has 2 heterocycles. The zero-order valence-corrected chi connectivity index (χ0v) is 21.9. The average Bonchev–Trinajstić information content (AvgIpc) is 3.18. The van der Waals surface area contributed by atoms with E-state index in [2.05, 4.69) is 6.58 Å². The molecule has 1 saturated heterocycles. The molecule has 1 aliphatic rings. The third-order valence-corrected chi connectivity index (χ3v) is 7.24. The van der Waals surface area contributed by atoms with Gasteiger partial charge in [-0.3, -0.25) is 18.9 Å². The Morgan fingerprint density at radius 1 is 0.974 bits per heavy atom. The SMILES string of the molecule is C=C[C@]1(COP(=O)(Oc2ccc(OC)cc2)Oc2ccc(OC)cc2)O[C@@H](n2ccc(=O)[nH]c2=O)[C@H](O)[C@@H]1O. The largest absolute Gasteiger partial charge is 0.587 e. The van der Waals surface area contributed by atoms with Gasteiger partial charge in [-0.15, -0.1) is 6.58 Å². The molecule has 3 aromatic rings. The number of methoxy groups -OCH3 is 2. The number of nitrogens with zero attached hydrogens (tertiary/aromatic N) is 1. The monoisotopic (exact) mass is 562 g/mol. The van der Waals surface area contributed by atoms with Crippen molar-refractivity contribution < 1.29 is 42.6 Å². The number of phosphoric acid groups is 1. The number of aromatic amines is 1. The van der Waals surface area contributed by atoms with Crippen LogP contribution in [0.2, 0.25) is 0 Å². The van der Waals surface area contributed by atoms with Crippen molar-refractivity contribution in [3.63, 3.8) is 0 Å². The second-order valence-corrected chi connectivity index (χ2v) is 9.89. The van der Waals surface area contributed by atoms with Crippen molar-refractivity contribution in [3.8, 4) is 23.0 Å². The quantitative estimate of drug-likeness (QED) is 0.231. The smallest absolute Gasteiger partial charge is 0.497 e. The molecule has 0 aliphatic carbocycles. The van der Waals surface area contributed by atoms with Gasteiger partial charge in [0.05, 0.1) is 20.8 Å². The Bertz CT molecular complexity index is 1400. The van der Waals surface area contributed by atoms with Crippen LogP contribution in [0.25, 0.3) is 0 Å². The van der Waals surface area contributed by atoms with Crippen molar-refractivity contribution in [1.29, 1.82) is 0 Å². The van der Waals surface area contributed by atoms with Crippen LogP contribution in [0.15, 0.2) is 83.0 Å². The van der Waals surface area contributed by atoms with E-state index in [9.17, 15) is 24.4 Å². The number of aromatic nitrogens is 2. The lowest BCUT2D eigenvalue weighted by molar-refractivity contribution is -0.0972. The molecule has 13 nitrogen and oxygen atoms in total. The van der Waals surface area contributed by atoms with Crippen molar-refractivity contribution in [2.75, 3.05) is 20.8 Å². The second kappa shape index (κ2) is 11.5. The molecule has 0 radical (unpaired) electrons. The number of H-pyrrole nitrogens is 1. The van der Waals surface area contributed by atoms with E-state index >= 15 is 0 Å². The van der Waals surface area contributed by atoms with Gasteiger partial charge in [-0.1, -0.05) is 6.08 Å². The van der Waals surface area contributed by atoms with Gasteiger partial charge in [-0.2, -0.15) is 0 Å². The summed E-state index contributed by atoms with van der Waals surface area (Å²) in [4.78, 5) is 25.8. The number of hydrogen-bond acceptors (Lipinski definition) is 11. The maximum Gasteiger partial charge on any atom is 0.587 e. The molecular formula is C25H27N2O11P. The van der Waals surface area contributed by atoms with Gasteiger partial charge in [0, 0.05) is 12.3 Å². The molecule has 39 heavy (non-hydrogen) atoms. The highest BCUT2D eigenvalue weighted by Gasteiger charge is 2.55. The van der Waals surface area contributed by atoms with Crippen LogP contribution in [0, 0.1) is 0 Å². The Labute approximate surface area is 222 Å². The van der Waals surface area contributed by atoms with Crippen molar-refractivity contribution in [1.82, 2.24) is 9.55 Å². The fraction of sp³-hybridized carbons (Fsp3) is 0.280. The molecule has 1 aromatic heterocycles. The first kappa shape index (κ1) is 28.1. The molecule has 2 aromatic carbocycles. The topological polar surface area (TPSA) is 168 Å². The number of rotatable bonds is 11. The molecule has 0 amide bonds. The van der Waals surface area contributed by atoms with Gasteiger partial charge < -0.3 is 33.5 Å². The van der Waals surface area contributed by atoms with Crippen LogP contribution in [0.1, 0.15) is 6.23 Å². The summed E-state index contributed by atoms with van der Waals surface area (Å²) in [6, 6.07) is 13.3. The Hall–Kier alpha value is -3.87. The van der Waals surface area contributed by atoms with Gasteiger partial charge >= 0.3 is 13.5 Å². The first-order valence-corrected chi connectivity index (χ1v) is 13.0. The number of aliphatic hydroxyl groups excluding tert-OH is 2. The van der Waals surface area contributed by atoms with E-state index < -0.39 is 49.7 Å². The predicted molar refractivity (Wildman–Crippen MR) is 137 cm³/mol. The van der Waals surface area contributed by atoms with Crippen molar-refractivity contribution in [3.05, 3.63) is 94.3 Å². The Morgan fingerprint density at radius 3 is 1.95 bits per heavy atom. The van der Waals surface area contributed by atoms with Crippen LogP contribution >= 0.6 is 7.82 Å². The van der Waals surface area contributed by atoms with E-state index in [1.54, 1.807) is 24.3 Å². The summed E-state index contributed by atoms with van der Waals surface area (Å²) in [6.07, 6.45) is -2.53. The Morgan fingerprint density at radius 2 is 1.49 bits per heavy atom. The molecule has 208 valence electrons. The zero-order chi connectivity index (χ0) is 28.2. The summed E-state index contributed by atoms with van der Waals surface area (Å²) in [7, 11) is -1.52. The van der Waals surface area contributed by atoms with Gasteiger partial charge in [0.1, 0.15) is 40.8 Å². The number of hydrogen-bond donors (Lipinski definition) is 3. The molecule has 0 unspecified atom stereocenters. The van der Waals surface area contributed by atoms with E-state index in [1.807, 2.05) is 4.98 Å². The second-order valence-electron chi connectivity index (χ2n) is 8.37. The van der Waals surface area contributed by atoms with Crippen LogP contribution in [0.3, 0.4) is 0 Å². The maximum absolute atomic E-state index is 13.8. The third kappa shape index (κ3) is 6.08. The molecule has 0 saturated carbocycles. The zero-order valence-electron chi connectivity index (χ0n) is 21.0. The van der Waals surface area contributed by atoms with Crippen molar-refractivity contribution in [2.45, 2.75) is 24.0 Å². The summed E-state index contributed by atoms with van der Waals surface area (Å²) < 4.78 is 47.6. The predicted octanol–water partition coefficient (Wildman–Crippen LogP) is 2.01. The van der Waals surface area contributed by atoms with Crippen LogP contribution in [0.4, 0.5) is 0 Å². The number of benzene rings is 2. The molecule has 14 heteroatoms. The van der Waals surface area contributed by atoms with Gasteiger partial charge in [0.25, 0.3) is 5.56 Å². The minimum absolute atomic E-state index is 0.117. The summed E-state index contributed by atoms with van der Waals surface area (Å²) in [5, 5.41) is 21.5. The molecule has 0 bridgehead atoms. The molecule has 0 spiro atoms. The number of nitrogens with one attached hydrogen (secondary N) is 1.